The third-order valence-corrected chi connectivity index (χ3v) is 3.47. The largest absolute Gasteiger partial charge is 0.397 e. The summed E-state index contributed by atoms with van der Waals surface area (Å²) in [6, 6.07) is 10.6. The lowest BCUT2D eigenvalue weighted by atomic mass is 10.1. The summed E-state index contributed by atoms with van der Waals surface area (Å²) < 4.78 is 0. The van der Waals surface area contributed by atoms with E-state index in [2.05, 4.69) is 0 Å². The van der Waals surface area contributed by atoms with Crippen molar-refractivity contribution in [2.75, 3.05) is 10.6 Å². The molecule has 2 aromatic carbocycles. The smallest absolute Gasteiger partial charge is 0.266 e. The molecule has 100 valence electrons. The van der Waals surface area contributed by atoms with Gasteiger partial charge in [0.25, 0.3) is 11.8 Å². The van der Waals surface area contributed by atoms with E-state index in [-0.39, 0.29) is 11.8 Å². The molecule has 3 rings (SSSR count). The van der Waals surface area contributed by atoms with Crippen LogP contribution in [0.15, 0.2) is 36.4 Å². The highest BCUT2D eigenvalue weighted by molar-refractivity contribution is 6.35. The first-order valence-electron chi connectivity index (χ1n) is 6.34. The Hall–Kier alpha value is -2.62. The molecule has 4 nitrogen and oxygen atoms in total. The number of nitrogens with two attached hydrogens (primary N) is 1. The second kappa shape index (κ2) is 4.20. The monoisotopic (exact) mass is 266 g/mol. The third-order valence-electron chi connectivity index (χ3n) is 3.47. The molecular formula is C16H14N2O2. The van der Waals surface area contributed by atoms with Gasteiger partial charge < -0.3 is 5.73 Å². The van der Waals surface area contributed by atoms with Crippen LogP contribution in [-0.4, -0.2) is 11.8 Å². The van der Waals surface area contributed by atoms with Crippen molar-refractivity contribution in [1.29, 1.82) is 0 Å². The lowest BCUT2D eigenvalue weighted by Gasteiger charge is -2.16. The quantitative estimate of drug-likeness (QED) is 0.637. The zero-order valence-corrected chi connectivity index (χ0v) is 11.3. The molecular weight excluding hydrogens is 252 g/mol. The number of anilines is 2. The van der Waals surface area contributed by atoms with E-state index < -0.39 is 0 Å². The van der Waals surface area contributed by atoms with Crippen LogP contribution in [0.25, 0.3) is 0 Å². The van der Waals surface area contributed by atoms with E-state index in [0.717, 1.165) is 16.0 Å². The van der Waals surface area contributed by atoms with Gasteiger partial charge in [-0.05, 0) is 43.7 Å². The Bertz CT molecular complexity index is 750. The second-order valence-corrected chi connectivity index (χ2v) is 5.06. The molecule has 1 aliphatic rings. The molecule has 20 heavy (non-hydrogen) atoms. The van der Waals surface area contributed by atoms with Crippen LogP contribution < -0.4 is 10.6 Å². The lowest BCUT2D eigenvalue weighted by Crippen LogP contribution is -2.30. The number of fused-ring (bicyclic) bond motifs is 1. The minimum Gasteiger partial charge on any atom is -0.397 e. The number of aryl methyl sites for hydroxylation is 2. The Morgan fingerprint density at radius 2 is 1.45 bits per heavy atom. The highest BCUT2D eigenvalue weighted by atomic mass is 16.2. The van der Waals surface area contributed by atoms with Gasteiger partial charge in [-0.2, -0.15) is 0 Å². The Balaban J connectivity index is 2.16. The zero-order chi connectivity index (χ0) is 14.4. The molecule has 0 unspecified atom stereocenters. The van der Waals surface area contributed by atoms with Crippen molar-refractivity contribution in [3.8, 4) is 0 Å². The Kier molecular flexibility index (Phi) is 2.61. The number of hydrogen-bond donors (Lipinski definition) is 1. The summed E-state index contributed by atoms with van der Waals surface area (Å²) in [5.41, 5.74) is 9.55. The van der Waals surface area contributed by atoms with Crippen LogP contribution in [0.1, 0.15) is 31.8 Å². The summed E-state index contributed by atoms with van der Waals surface area (Å²) in [6.07, 6.45) is 0. The van der Waals surface area contributed by atoms with E-state index in [0.29, 0.717) is 22.5 Å². The number of rotatable bonds is 1. The molecule has 0 saturated heterocycles. The number of nitrogens with zero attached hydrogens (tertiary/aromatic N) is 1. The van der Waals surface area contributed by atoms with Gasteiger partial charge in [0.2, 0.25) is 0 Å². The first kappa shape index (κ1) is 12.4. The van der Waals surface area contributed by atoms with Crippen molar-refractivity contribution in [3.05, 3.63) is 58.7 Å². The van der Waals surface area contributed by atoms with Crippen LogP contribution >= 0.6 is 0 Å². The number of benzene rings is 2. The highest BCUT2D eigenvalue weighted by Crippen LogP contribution is 2.33. The molecule has 4 heteroatoms. The molecule has 2 N–H and O–H groups in total. The van der Waals surface area contributed by atoms with Crippen LogP contribution in [0.3, 0.4) is 0 Å². The molecule has 0 fully saturated rings. The number of hydrogen-bond acceptors (Lipinski definition) is 3. The summed E-state index contributed by atoms with van der Waals surface area (Å²) >= 11 is 0. The Morgan fingerprint density at radius 1 is 0.850 bits per heavy atom. The molecule has 0 spiro atoms. The number of carbonyl (C=O) groups is 2. The number of carbonyl (C=O) groups excluding carboxylic acids is 2. The minimum atomic E-state index is -0.317. The van der Waals surface area contributed by atoms with Crippen LogP contribution in [0.5, 0.6) is 0 Å². The van der Waals surface area contributed by atoms with Crippen LogP contribution in [0.4, 0.5) is 11.4 Å². The van der Waals surface area contributed by atoms with E-state index in [1.165, 1.54) is 0 Å². The van der Waals surface area contributed by atoms with Crippen LogP contribution in [-0.2, 0) is 0 Å². The summed E-state index contributed by atoms with van der Waals surface area (Å²) in [7, 11) is 0. The fraction of sp³-hybridized carbons (Fsp3) is 0.125. The maximum Gasteiger partial charge on any atom is 0.266 e. The van der Waals surface area contributed by atoms with Crippen LogP contribution in [0.2, 0.25) is 0 Å². The van der Waals surface area contributed by atoms with E-state index >= 15 is 0 Å². The Morgan fingerprint density at radius 3 is 2.20 bits per heavy atom. The number of imide groups is 1. The van der Waals surface area contributed by atoms with E-state index in [4.69, 9.17) is 5.73 Å². The highest BCUT2D eigenvalue weighted by Gasteiger charge is 2.37. The number of amides is 2. The zero-order valence-electron chi connectivity index (χ0n) is 11.3. The van der Waals surface area contributed by atoms with Crippen molar-refractivity contribution in [1.82, 2.24) is 0 Å². The molecule has 0 bridgehead atoms. The third kappa shape index (κ3) is 1.69. The van der Waals surface area contributed by atoms with Gasteiger partial charge in [-0.3, -0.25) is 9.59 Å². The van der Waals surface area contributed by atoms with Gasteiger partial charge in [-0.25, -0.2) is 4.90 Å². The second-order valence-electron chi connectivity index (χ2n) is 5.06. The maximum absolute atomic E-state index is 12.5. The van der Waals surface area contributed by atoms with Crippen molar-refractivity contribution < 1.29 is 9.59 Å². The van der Waals surface area contributed by atoms with E-state index in [1.54, 1.807) is 24.3 Å². The van der Waals surface area contributed by atoms with Gasteiger partial charge in [0, 0.05) is 0 Å². The SMILES string of the molecule is Cc1ccc2c(c1)C(=O)N(c1cc(C)ccc1N)C2=O. The molecule has 1 aliphatic heterocycles. The first-order valence-corrected chi connectivity index (χ1v) is 6.34. The van der Waals surface area contributed by atoms with Gasteiger partial charge in [0.15, 0.2) is 0 Å². The van der Waals surface area contributed by atoms with Crippen molar-refractivity contribution >= 4 is 23.2 Å². The van der Waals surface area contributed by atoms with Crippen molar-refractivity contribution in [3.63, 3.8) is 0 Å². The molecule has 2 aromatic rings. The average molecular weight is 266 g/mol. The molecule has 1 heterocycles. The van der Waals surface area contributed by atoms with Gasteiger partial charge in [0.1, 0.15) is 0 Å². The standard InChI is InChI=1S/C16H14N2O2/c1-9-3-5-11-12(7-9)16(20)18(15(11)19)14-8-10(2)4-6-13(14)17/h3-8H,17H2,1-2H3. The van der Waals surface area contributed by atoms with Crippen LogP contribution in [0, 0.1) is 13.8 Å². The molecule has 2 amide bonds. The predicted molar refractivity (Wildman–Crippen MR) is 77.9 cm³/mol. The molecule has 0 atom stereocenters. The van der Waals surface area contributed by atoms with Crippen molar-refractivity contribution in [2.24, 2.45) is 0 Å². The maximum atomic E-state index is 12.5. The average Bonchev–Trinajstić information content (AvgIpc) is 2.65. The fourth-order valence-corrected chi connectivity index (χ4v) is 2.42. The number of nitrogen functional groups attached to an aromatic ring is 1. The first-order chi connectivity index (χ1) is 9.49. The van der Waals surface area contributed by atoms with E-state index in [9.17, 15) is 9.59 Å². The lowest BCUT2D eigenvalue weighted by molar-refractivity contribution is 0.0926. The normalized spacial score (nSPS) is 13.8. The van der Waals surface area contributed by atoms with Crippen molar-refractivity contribution in [2.45, 2.75) is 13.8 Å². The summed E-state index contributed by atoms with van der Waals surface area (Å²) in [5.74, 6) is -0.631. The van der Waals surface area contributed by atoms with Gasteiger partial charge in [-0.15, -0.1) is 0 Å². The van der Waals surface area contributed by atoms with Gasteiger partial charge in [-0.1, -0.05) is 17.7 Å². The van der Waals surface area contributed by atoms with Gasteiger partial charge >= 0.3 is 0 Å². The Labute approximate surface area is 116 Å². The predicted octanol–water partition coefficient (Wildman–Crippen LogP) is 2.69. The molecule has 0 saturated carbocycles. The summed E-state index contributed by atoms with van der Waals surface area (Å²) in [4.78, 5) is 26.1. The fourth-order valence-electron chi connectivity index (χ4n) is 2.42. The van der Waals surface area contributed by atoms with E-state index in [1.807, 2.05) is 26.0 Å². The minimum absolute atomic E-state index is 0.314. The topological polar surface area (TPSA) is 63.4 Å². The molecule has 0 aromatic heterocycles. The summed E-state index contributed by atoms with van der Waals surface area (Å²) in [6.45, 7) is 3.78. The molecule has 0 aliphatic carbocycles. The summed E-state index contributed by atoms with van der Waals surface area (Å²) in [5, 5.41) is 0. The molecule has 0 radical (unpaired) electrons. The van der Waals surface area contributed by atoms with Gasteiger partial charge in [0.05, 0.1) is 22.5 Å².